The minimum absolute atomic E-state index is 0.155. The standard InChI is InChI=1S/C23H38N2O2/c1-6-27-22-11-18(4)19(12-21(22)17(2)3)14-25-9-7-23(8-10-25)13-20(26)15-24(5)16-23/h11-12,17,20,26H,6-10,13-16H2,1-5H3. The van der Waals surface area contributed by atoms with Crippen LogP contribution >= 0.6 is 0 Å². The lowest BCUT2D eigenvalue weighted by atomic mass is 9.71. The molecule has 2 saturated heterocycles. The van der Waals surface area contributed by atoms with Crippen molar-refractivity contribution in [1.82, 2.24) is 9.80 Å². The maximum Gasteiger partial charge on any atom is 0.123 e. The van der Waals surface area contributed by atoms with Crippen LogP contribution in [-0.2, 0) is 6.54 Å². The van der Waals surface area contributed by atoms with Crippen molar-refractivity contribution in [3.05, 3.63) is 28.8 Å². The predicted molar refractivity (Wildman–Crippen MR) is 112 cm³/mol. The van der Waals surface area contributed by atoms with Gasteiger partial charge >= 0.3 is 0 Å². The van der Waals surface area contributed by atoms with Crippen LogP contribution < -0.4 is 4.74 Å². The van der Waals surface area contributed by atoms with Crippen LogP contribution in [0.2, 0.25) is 0 Å². The van der Waals surface area contributed by atoms with Crippen molar-refractivity contribution in [2.45, 2.75) is 65.5 Å². The number of rotatable bonds is 5. The van der Waals surface area contributed by atoms with E-state index >= 15 is 0 Å². The van der Waals surface area contributed by atoms with Crippen LogP contribution in [0.25, 0.3) is 0 Å². The van der Waals surface area contributed by atoms with Crippen LogP contribution in [0, 0.1) is 12.3 Å². The summed E-state index contributed by atoms with van der Waals surface area (Å²) in [6, 6.07) is 4.60. The van der Waals surface area contributed by atoms with Gasteiger partial charge in [0.2, 0.25) is 0 Å². The van der Waals surface area contributed by atoms with E-state index in [1.807, 2.05) is 0 Å². The van der Waals surface area contributed by atoms with Gasteiger partial charge in [-0.15, -0.1) is 0 Å². The summed E-state index contributed by atoms with van der Waals surface area (Å²) >= 11 is 0. The van der Waals surface area contributed by atoms with Crippen molar-refractivity contribution in [1.29, 1.82) is 0 Å². The summed E-state index contributed by atoms with van der Waals surface area (Å²) in [5.74, 6) is 1.51. The van der Waals surface area contributed by atoms with Gasteiger partial charge in [0.25, 0.3) is 0 Å². The average molecular weight is 375 g/mol. The number of aliphatic hydroxyl groups is 1. The molecule has 27 heavy (non-hydrogen) atoms. The van der Waals surface area contributed by atoms with E-state index in [4.69, 9.17) is 4.74 Å². The second kappa shape index (κ2) is 8.50. The Bertz CT molecular complexity index is 624. The van der Waals surface area contributed by atoms with Crippen LogP contribution in [0.5, 0.6) is 5.75 Å². The van der Waals surface area contributed by atoms with Gasteiger partial charge in [0.05, 0.1) is 12.7 Å². The fourth-order valence-corrected chi connectivity index (χ4v) is 5.06. The number of aryl methyl sites for hydroxylation is 1. The summed E-state index contributed by atoms with van der Waals surface area (Å²) in [5.41, 5.74) is 4.40. The molecule has 152 valence electrons. The Labute approximate surface area is 165 Å². The molecule has 1 N–H and O–H groups in total. The SMILES string of the molecule is CCOc1cc(C)c(CN2CCC3(CC2)CC(O)CN(C)C3)cc1C(C)C. The Morgan fingerprint density at radius 1 is 1.26 bits per heavy atom. The summed E-state index contributed by atoms with van der Waals surface area (Å²) in [4.78, 5) is 4.91. The minimum Gasteiger partial charge on any atom is -0.494 e. The smallest absolute Gasteiger partial charge is 0.123 e. The second-order valence-corrected chi connectivity index (χ2v) is 9.24. The number of hydrogen-bond donors (Lipinski definition) is 1. The molecule has 4 nitrogen and oxygen atoms in total. The highest BCUT2D eigenvalue weighted by Crippen LogP contribution is 2.40. The number of likely N-dealkylation sites (N-methyl/N-ethyl adjacent to an activating group) is 1. The lowest BCUT2D eigenvalue weighted by Crippen LogP contribution is -2.52. The zero-order valence-electron chi connectivity index (χ0n) is 17.9. The van der Waals surface area contributed by atoms with Crippen LogP contribution in [0.1, 0.15) is 62.6 Å². The zero-order valence-corrected chi connectivity index (χ0v) is 17.9. The maximum atomic E-state index is 10.2. The van der Waals surface area contributed by atoms with Gasteiger partial charge in [0.15, 0.2) is 0 Å². The molecule has 3 rings (SSSR count). The molecule has 0 aromatic heterocycles. The molecule has 1 spiro atoms. The number of aliphatic hydroxyl groups excluding tert-OH is 1. The fraction of sp³-hybridized carbons (Fsp3) is 0.739. The predicted octanol–water partition coefficient (Wildman–Crippen LogP) is 3.80. The average Bonchev–Trinajstić information content (AvgIpc) is 2.58. The highest BCUT2D eigenvalue weighted by Gasteiger charge is 2.40. The Kier molecular flexibility index (Phi) is 6.50. The van der Waals surface area contributed by atoms with Crippen LogP contribution in [-0.4, -0.2) is 60.8 Å². The Morgan fingerprint density at radius 3 is 2.56 bits per heavy atom. The maximum absolute atomic E-state index is 10.2. The molecule has 1 atom stereocenters. The molecule has 0 bridgehead atoms. The first-order valence-electron chi connectivity index (χ1n) is 10.7. The summed E-state index contributed by atoms with van der Waals surface area (Å²) in [6.07, 6.45) is 3.21. The van der Waals surface area contributed by atoms with E-state index in [2.05, 4.69) is 56.7 Å². The van der Waals surface area contributed by atoms with Crippen LogP contribution in [0.15, 0.2) is 12.1 Å². The number of likely N-dealkylation sites (tertiary alicyclic amines) is 2. The van der Waals surface area contributed by atoms with E-state index in [-0.39, 0.29) is 6.10 Å². The molecule has 2 fully saturated rings. The minimum atomic E-state index is -0.155. The van der Waals surface area contributed by atoms with Crippen LogP contribution in [0.4, 0.5) is 0 Å². The third kappa shape index (κ3) is 4.85. The first kappa shape index (κ1) is 20.6. The number of ether oxygens (including phenoxy) is 1. The first-order valence-corrected chi connectivity index (χ1v) is 10.7. The zero-order chi connectivity index (χ0) is 19.6. The molecule has 1 aromatic rings. The molecule has 0 radical (unpaired) electrons. The van der Waals surface area contributed by atoms with E-state index in [9.17, 15) is 5.11 Å². The number of piperidine rings is 2. The van der Waals surface area contributed by atoms with Crippen molar-refractivity contribution in [2.24, 2.45) is 5.41 Å². The van der Waals surface area contributed by atoms with Gasteiger partial charge in [0, 0.05) is 19.6 Å². The Morgan fingerprint density at radius 2 is 1.96 bits per heavy atom. The number of β-amino-alcohol motifs (C(OH)–C–C–N with tert-alkyl or cyclic N) is 1. The Hall–Kier alpha value is -1.10. The van der Waals surface area contributed by atoms with E-state index < -0.39 is 0 Å². The topological polar surface area (TPSA) is 35.9 Å². The lowest BCUT2D eigenvalue weighted by molar-refractivity contribution is -0.0331. The summed E-state index contributed by atoms with van der Waals surface area (Å²) in [6.45, 7) is 14.7. The lowest BCUT2D eigenvalue weighted by Gasteiger charge is -2.48. The molecule has 2 heterocycles. The van der Waals surface area contributed by atoms with E-state index in [1.165, 1.54) is 29.5 Å². The summed E-state index contributed by atoms with van der Waals surface area (Å²) in [7, 11) is 2.15. The quantitative estimate of drug-likeness (QED) is 0.850. The third-order valence-electron chi connectivity index (χ3n) is 6.50. The van der Waals surface area contributed by atoms with E-state index in [0.717, 1.165) is 44.9 Å². The van der Waals surface area contributed by atoms with E-state index in [0.29, 0.717) is 17.9 Å². The van der Waals surface area contributed by atoms with Gasteiger partial charge < -0.3 is 14.7 Å². The number of hydrogen-bond acceptors (Lipinski definition) is 4. The monoisotopic (exact) mass is 374 g/mol. The van der Waals surface area contributed by atoms with Gasteiger partial charge in [-0.25, -0.2) is 0 Å². The molecule has 0 saturated carbocycles. The molecule has 1 aromatic carbocycles. The molecule has 2 aliphatic rings. The molecular weight excluding hydrogens is 336 g/mol. The molecule has 4 heteroatoms. The van der Waals surface area contributed by atoms with Crippen molar-refractivity contribution >= 4 is 0 Å². The third-order valence-corrected chi connectivity index (χ3v) is 6.50. The molecular formula is C23H38N2O2. The van der Waals surface area contributed by atoms with Gasteiger partial charge in [0.1, 0.15) is 5.75 Å². The highest BCUT2D eigenvalue weighted by molar-refractivity contribution is 5.44. The largest absolute Gasteiger partial charge is 0.494 e. The van der Waals surface area contributed by atoms with Crippen LogP contribution in [0.3, 0.4) is 0 Å². The first-order chi connectivity index (χ1) is 12.8. The van der Waals surface area contributed by atoms with Gasteiger partial charge in [-0.1, -0.05) is 19.9 Å². The fourth-order valence-electron chi connectivity index (χ4n) is 5.06. The number of nitrogens with zero attached hydrogens (tertiary/aromatic N) is 2. The highest BCUT2D eigenvalue weighted by atomic mass is 16.5. The molecule has 1 unspecified atom stereocenters. The van der Waals surface area contributed by atoms with E-state index in [1.54, 1.807) is 0 Å². The molecule has 0 amide bonds. The summed E-state index contributed by atoms with van der Waals surface area (Å²) in [5, 5.41) is 10.2. The number of benzene rings is 1. The van der Waals surface area contributed by atoms with Gasteiger partial charge in [-0.2, -0.15) is 0 Å². The van der Waals surface area contributed by atoms with Crippen molar-refractivity contribution < 1.29 is 9.84 Å². The normalized spacial score (nSPS) is 23.9. The second-order valence-electron chi connectivity index (χ2n) is 9.24. The van der Waals surface area contributed by atoms with Crippen molar-refractivity contribution in [3.63, 3.8) is 0 Å². The summed E-state index contributed by atoms with van der Waals surface area (Å²) < 4.78 is 5.88. The van der Waals surface area contributed by atoms with Crippen molar-refractivity contribution in [3.8, 4) is 5.75 Å². The molecule has 2 aliphatic heterocycles. The van der Waals surface area contributed by atoms with Gasteiger partial charge in [-0.3, -0.25) is 4.90 Å². The molecule has 0 aliphatic carbocycles. The Balaban J connectivity index is 1.67. The van der Waals surface area contributed by atoms with Crippen molar-refractivity contribution in [2.75, 3.05) is 39.8 Å². The van der Waals surface area contributed by atoms with Gasteiger partial charge in [-0.05, 0) is 87.3 Å².